The molecule has 0 atom stereocenters. The van der Waals surface area contributed by atoms with E-state index in [1.54, 1.807) is 0 Å². The lowest BCUT2D eigenvalue weighted by molar-refractivity contribution is 0.0991. The van der Waals surface area contributed by atoms with Gasteiger partial charge in [-0.15, -0.1) is 10.2 Å². The van der Waals surface area contributed by atoms with E-state index in [1.807, 2.05) is 0 Å². The van der Waals surface area contributed by atoms with Gasteiger partial charge in [0.2, 0.25) is 34.4 Å². The summed E-state index contributed by atoms with van der Waals surface area (Å²) < 4.78 is 144. The number of hydrogen-bond donors (Lipinski definition) is 10. The molecule has 0 unspecified atom stereocenters. The summed E-state index contributed by atoms with van der Waals surface area (Å²) in [6.07, 6.45) is 0. The van der Waals surface area contributed by atoms with Crippen molar-refractivity contribution in [3.05, 3.63) is 83.4 Å². The minimum atomic E-state index is -5.17. The summed E-state index contributed by atoms with van der Waals surface area (Å²) in [5, 5.41) is 37.5. The second-order valence-corrected chi connectivity index (χ2v) is 20.0. The molecule has 2 aromatic heterocycles. The van der Waals surface area contributed by atoms with Gasteiger partial charge >= 0.3 is 0 Å². The lowest BCUT2D eigenvalue weighted by Crippen LogP contribution is -2.14. The van der Waals surface area contributed by atoms with Crippen molar-refractivity contribution in [2.75, 3.05) is 47.6 Å². The predicted molar refractivity (Wildman–Crippen MR) is 245 cm³/mol. The zero-order valence-electron chi connectivity index (χ0n) is 34.1. The van der Waals surface area contributed by atoms with Crippen LogP contribution in [-0.4, -0.2) is 118 Å². The molecule has 0 fully saturated rings. The minimum absolute atomic E-state index is 0.0435. The molecule has 5 aromatic carbocycles. The largest absolute Gasteiger partial charge is 0.505 e. The van der Waals surface area contributed by atoms with Crippen LogP contribution in [0.5, 0.6) is 5.75 Å². The second-order valence-electron chi connectivity index (χ2n) is 13.7. The first kappa shape index (κ1) is 50.3. The number of nitrogens with one attached hydrogen (secondary N) is 4. The van der Waals surface area contributed by atoms with E-state index in [2.05, 4.69) is 61.4 Å². The molecular weight excluding hydrogens is 1040 g/mol. The monoisotopic (exact) mass is 1070 g/mol. The Bertz CT molecular complexity index is 3690. The topological polar surface area (TPSA) is 417 Å². The minimum Gasteiger partial charge on any atom is -0.505 e. The van der Waals surface area contributed by atoms with E-state index in [-0.39, 0.29) is 93.8 Å². The number of halogens is 2. The molecule has 33 heteroatoms. The highest BCUT2D eigenvalue weighted by atomic mass is 35.5. The number of aromatic hydroxyl groups is 1. The van der Waals surface area contributed by atoms with E-state index >= 15 is 0 Å². The van der Waals surface area contributed by atoms with Gasteiger partial charge in [0.25, 0.3) is 40.5 Å². The zero-order valence-corrected chi connectivity index (χ0v) is 38.9. The van der Waals surface area contributed by atoms with E-state index in [9.17, 15) is 57.0 Å². The molecule has 69 heavy (non-hydrogen) atoms. The molecule has 0 saturated carbocycles. The molecule has 7 rings (SSSR count). The molecule has 27 nitrogen and oxygen atoms in total. The number of phenols is 1. The number of nitrogens with zero attached hydrogens (tertiary/aromatic N) is 8. The van der Waals surface area contributed by atoms with Crippen LogP contribution in [0, 0.1) is 0 Å². The van der Waals surface area contributed by atoms with Crippen molar-refractivity contribution in [1.29, 1.82) is 0 Å². The van der Waals surface area contributed by atoms with Gasteiger partial charge in [-0.1, -0.05) is 24.3 Å². The molecule has 0 spiro atoms. The summed E-state index contributed by atoms with van der Waals surface area (Å²) >= 11 is 12.3. The normalized spacial score (nSPS) is 12.4. The number of anilines is 7. The maximum atomic E-state index is 12.6. The summed E-state index contributed by atoms with van der Waals surface area (Å²) in [6.45, 7) is 0.234. The zero-order chi connectivity index (χ0) is 50.1. The van der Waals surface area contributed by atoms with Crippen LogP contribution in [0.2, 0.25) is 10.6 Å². The Balaban J connectivity index is 1.23. The Labute approximate surface area is 398 Å². The van der Waals surface area contributed by atoms with E-state index in [1.165, 1.54) is 18.2 Å². The van der Waals surface area contributed by atoms with Crippen molar-refractivity contribution in [3.8, 4) is 5.75 Å². The van der Waals surface area contributed by atoms with Crippen LogP contribution < -0.4 is 21.3 Å². The van der Waals surface area contributed by atoms with Gasteiger partial charge in [-0.05, 0) is 77.1 Å². The fraction of sp³-hybridized carbons (Fsp3) is 0.111. The van der Waals surface area contributed by atoms with Gasteiger partial charge in [0.1, 0.15) is 26.1 Å². The average molecular weight is 1070 g/mol. The third kappa shape index (κ3) is 12.0. The number of aliphatic hydroxyl groups excluding tert-OH is 1. The molecule has 2 heterocycles. The van der Waals surface area contributed by atoms with Crippen LogP contribution in [0.15, 0.2) is 103 Å². The van der Waals surface area contributed by atoms with Crippen molar-refractivity contribution in [1.82, 2.24) is 29.9 Å². The van der Waals surface area contributed by atoms with Gasteiger partial charge < -0.3 is 36.2 Å². The number of benzene rings is 5. The van der Waals surface area contributed by atoms with Gasteiger partial charge in [0.05, 0.1) is 36.1 Å². The summed E-state index contributed by atoms with van der Waals surface area (Å²) in [7, 11) is -19.8. The van der Waals surface area contributed by atoms with Gasteiger partial charge in [-0.2, -0.15) is 63.6 Å². The highest BCUT2D eigenvalue weighted by Crippen LogP contribution is 2.43. The van der Waals surface area contributed by atoms with Gasteiger partial charge in [0.15, 0.2) is 5.75 Å². The number of rotatable bonds is 18. The standard InChI is InChI=1S/C36H30Cl2N12O15S4/c37-31-43-33(39-10-12-65-13-11-51)47-35(45-31)41-24-15-18(5-9-27(24)68(59,60)61)40-34-44-32(38)46-36(48-34)42-25-16-19(66(53,54)55)14-17-4-7-22(29(52)28(17)25)49-50-23-8-6-20-21(30(23)69(62,63)64)2-1-3-26(20)67(56,57)58/h1-9,14-16,51-52H,10-13H2,(H,53,54,55)(H,56,57,58)(H,59,60,61)(H,62,63,64)(H2,39,41,43,45,47)(H2,40,42,44,46,48). The van der Waals surface area contributed by atoms with E-state index in [0.29, 0.717) is 0 Å². The van der Waals surface area contributed by atoms with Crippen LogP contribution in [0.1, 0.15) is 0 Å². The molecule has 0 aliphatic carbocycles. The fourth-order valence-corrected chi connectivity index (χ4v) is 9.38. The van der Waals surface area contributed by atoms with Crippen LogP contribution in [-0.2, 0) is 45.2 Å². The van der Waals surface area contributed by atoms with Crippen molar-refractivity contribution in [3.63, 3.8) is 0 Å². The van der Waals surface area contributed by atoms with Gasteiger partial charge in [0, 0.05) is 28.4 Å². The Hall–Kier alpha value is -6.62. The van der Waals surface area contributed by atoms with Crippen LogP contribution in [0.3, 0.4) is 0 Å². The van der Waals surface area contributed by atoms with E-state index in [4.69, 9.17) is 33.0 Å². The first-order valence-corrected chi connectivity index (χ1v) is 25.3. The lowest BCUT2D eigenvalue weighted by Gasteiger charge is -2.15. The van der Waals surface area contributed by atoms with Crippen LogP contribution in [0.25, 0.3) is 21.5 Å². The average Bonchev–Trinajstić information content (AvgIpc) is 3.23. The number of aliphatic hydroxyl groups is 1. The predicted octanol–water partition coefficient (Wildman–Crippen LogP) is 5.43. The van der Waals surface area contributed by atoms with Crippen molar-refractivity contribution in [2.45, 2.75) is 19.6 Å². The van der Waals surface area contributed by atoms with Gasteiger partial charge in [-0.3, -0.25) is 18.2 Å². The maximum absolute atomic E-state index is 12.6. The smallest absolute Gasteiger partial charge is 0.297 e. The molecule has 0 aliphatic heterocycles. The van der Waals surface area contributed by atoms with Gasteiger partial charge in [-0.25, -0.2) is 0 Å². The van der Waals surface area contributed by atoms with Crippen LogP contribution >= 0.6 is 23.2 Å². The maximum Gasteiger partial charge on any atom is 0.297 e. The van der Waals surface area contributed by atoms with Crippen LogP contribution in [0.4, 0.5) is 52.2 Å². The third-order valence-electron chi connectivity index (χ3n) is 9.08. The van der Waals surface area contributed by atoms with Crippen molar-refractivity contribution in [2.24, 2.45) is 10.2 Å². The molecule has 362 valence electrons. The summed E-state index contributed by atoms with van der Waals surface area (Å²) in [5.74, 6) is -1.80. The Morgan fingerprint density at radius 1 is 0.580 bits per heavy atom. The number of azo groups is 1. The quantitative estimate of drug-likeness (QED) is 0.0291. The van der Waals surface area contributed by atoms with Crippen molar-refractivity contribution < 1.29 is 66.8 Å². The molecule has 7 aromatic rings. The number of fused-ring (bicyclic) bond motifs is 2. The molecule has 0 radical (unpaired) electrons. The molecular formula is C36H30Cl2N12O15S4. The third-order valence-corrected chi connectivity index (χ3v) is 13.0. The fourth-order valence-electron chi connectivity index (χ4n) is 6.36. The SMILES string of the molecule is O=S(=O)(O)c1cc(Nc2nc(Cl)nc(Nc3ccc(S(=O)(=O)O)c(Nc4nc(Cl)nc(NCCOCCO)n4)c3)n2)c2c(O)c(N=Nc3ccc4c(S(=O)(=O)O)cccc4c3S(=O)(=O)O)ccc2c1. The number of hydrogen-bond acceptors (Lipinski definition) is 23. The Morgan fingerprint density at radius 3 is 1.83 bits per heavy atom. The molecule has 0 amide bonds. The lowest BCUT2D eigenvalue weighted by atomic mass is 10.1. The molecule has 0 saturated heterocycles. The number of phenolic OH excluding ortho intramolecular Hbond substituents is 1. The number of aromatic nitrogens is 6. The summed E-state index contributed by atoms with van der Waals surface area (Å²) in [6, 6.07) is 12.9. The second kappa shape index (κ2) is 19.8. The number of ether oxygens (including phenoxy) is 1. The first-order valence-electron chi connectivity index (χ1n) is 18.8. The highest BCUT2D eigenvalue weighted by Gasteiger charge is 2.25. The summed E-state index contributed by atoms with van der Waals surface area (Å²) in [5.41, 5.74) is -1.48. The summed E-state index contributed by atoms with van der Waals surface area (Å²) in [4.78, 5) is 21.3. The highest BCUT2D eigenvalue weighted by molar-refractivity contribution is 7.87. The molecule has 0 bridgehead atoms. The Morgan fingerprint density at radius 2 is 1.19 bits per heavy atom. The Kier molecular flexibility index (Phi) is 14.4. The molecule has 10 N–H and O–H groups in total. The molecule has 0 aliphatic rings. The van der Waals surface area contributed by atoms with E-state index in [0.717, 1.165) is 54.6 Å². The first-order chi connectivity index (χ1) is 32.4. The van der Waals surface area contributed by atoms with E-state index < -0.39 is 82.7 Å². The van der Waals surface area contributed by atoms with Crippen molar-refractivity contribution >= 4 is 137 Å².